The van der Waals surface area contributed by atoms with Crippen LogP contribution in [0.3, 0.4) is 0 Å². The lowest BCUT2D eigenvalue weighted by molar-refractivity contribution is 0.464. The summed E-state index contributed by atoms with van der Waals surface area (Å²) >= 11 is 0. The zero-order valence-corrected chi connectivity index (χ0v) is 11.4. The minimum absolute atomic E-state index is 0.475. The van der Waals surface area contributed by atoms with Crippen molar-refractivity contribution in [2.75, 3.05) is 0 Å². The monoisotopic (exact) mass is 255 g/mol. The Morgan fingerprint density at radius 1 is 1.32 bits per heavy atom. The van der Waals surface area contributed by atoms with Crippen LogP contribution in [0.1, 0.15) is 37.2 Å². The Hall–Kier alpha value is -1.61. The molecule has 1 unspecified atom stereocenters. The lowest BCUT2D eigenvalue weighted by Gasteiger charge is -2.19. The number of hydrogen-bond donors (Lipinski definition) is 1. The van der Waals surface area contributed by atoms with Gasteiger partial charge in [-0.1, -0.05) is 30.3 Å². The number of hydrogen-bond acceptors (Lipinski definition) is 2. The molecule has 100 valence electrons. The third-order valence-electron chi connectivity index (χ3n) is 3.87. The average Bonchev–Trinajstić information content (AvgIpc) is 3.18. The fourth-order valence-corrected chi connectivity index (χ4v) is 2.64. The van der Waals surface area contributed by atoms with Crippen LogP contribution in [0.2, 0.25) is 0 Å². The maximum Gasteiger partial charge on any atom is 0.122 e. The summed E-state index contributed by atoms with van der Waals surface area (Å²) in [6.45, 7) is 3.98. The first-order valence-electron chi connectivity index (χ1n) is 7.17. The van der Waals surface area contributed by atoms with Gasteiger partial charge in [0.2, 0.25) is 0 Å². The quantitative estimate of drug-likeness (QED) is 0.859. The molecule has 1 N–H and O–H groups in total. The first-order valence-corrected chi connectivity index (χ1v) is 7.17. The Kier molecular flexibility index (Phi) is 3.65. The molecule has 3 nitrogen and oxygen atoms in total. The highest BCUT2D eigenvalue weighted by molar-refractivity contribution is 5.21. The molecule has 1 heterocycles. The molecule has 3 heteroatoms. The van der Waals surface area contributed by atoms with Crippen molar-refractivity contribution in [3.05, 3.63) is 54.1 Å². The first-order chi connectivity index (χ1) is 9.38. The van der Waals surface area contributed by atoms with E-state index in [1.807, 2.05) is 12.4 Å². The van der Waals surface area contributed by atoms with Crippen molar-refractivity contribution in [1.82, 2.24) is 14.9 Å². The molecule has 3 rings (SSSR count). The van der Waals surface area contributed by atoms with Crippen molar-refractivity contribution in [3.63, 3.8) is 0 Å². The summed E-state index contributed by atoms with van der Waals surface area (Å²) in [7, 11) is 0. The third kappa shape index (κ3) is 2.87. The van der Waals surface area contributed by atoms with Gasteiger partial charge in [0.1, 0.15) is 5.82 Å². The topological polar surface area (TPSA) is 29.9 Å². The lowest BCUT2D eigenvalue weighted by atomic mass is 10.0. The molecule has 0 aliphatic heterocycles. The van der Waals surface area contributed by atoms with E-state index in [0.717, 1.165) is 24.8 Å². The molecule has 1 aromatic carbocycles. The summed E-state index contributed by atoms with van der Waals surface area (Å²) in [6, 6.07) is 11.3. The van der Waals surface area contributed by atoms with E-state index in [9.17, 15) is 0 Å². The molecular weight excluding hydrogens is 234 g/mol. The molecule has 1 fully saturated rings. The van der Waals surface area contributed by atoms with Crippen molar-refractivity contribution in [2.45, 2.75) is 38.9 Å². The van der Waals surface area contributed by atoms with Crippen LogP contribution >= 0.6 is 0 Å². The predicted molar refractivity (Wildman–Crippen MR) is 76.6 cm³/mol. The maximum absolute atomic E-state index is 4.43. The minimum atomic E-state index is 0.475. The van der Waals surface area contributed by atoms with Crippen LogP contribution in [0.15, 0.2) is 42.7 Å². The molecule has 1 saturated carbocycles. The molecule has 0 bridgehead atoms. The number of aryl methyl sites for hydroxylation is 1. The summed E-state index contributed by atoms with van der Waals surface area (Å²) < 4.78 is 2.20. The Bertz CT molecular complexity index is 514. The normalized spacial score (nSPS) is 16.5. The molecule has 0 amide bonds. The molecule has 1 aliphatic rings. The fraction of sp³-hybridized carbons (Fsp3) is 0.438. The Morgan fingerprint density at radius 3 is 2.79 bits per heavy atom. The number of nitrogens with zero attached hydrogens (tertiary/aromatic N) is 2. The van der Waals surface area contributed by atoms with Crippen LogP contribution in [0.25, 0.3) is 0 Å². The SMILES string of the molecule is CCn1ccnc1CNC(c1ccccc1)C1CC1. The van der Waals surface area contributed by atoms with Crippen LogP contribution in [0, 0.1) is 5.92 Å². The van der Waals surface area contributed by atoms with Crippen molar-refractivity contribution in [3.8, 4) is 0 Å². The second kappa shape index (κ2) is 5.57. The number of aromatic nitrogens is 2. The van der Waals surface area contributed by atoms with Crippen LogP contribution in [-0.2, 0) is 13.1 Å². The molecule has 0 saturated heterocycles. The maximum atomic E-state index is 4.43. The van der Waals surface area contributed by atoms with E-state index >= 15 is 0 Å². The van der Waals surface area contributed by atoms with Gasteiger partial charge in [-0.15, -0.1) is 0 Å². The first kappa shape index (κ1) is 12.4. The fourth-order valence-electron chi connectivity index (χ4n) is 2.64. The Balaban J connectivity index is 1.69. The van der Waals surface area contributed by atoms with E-state index in [-0.39, 0.29) is 0 Å². The second-order valence-electron chi connectivity index (χ2n) is 5.24. The predicted octanol–water partition coefficient (Wildman–Crippen LogP) is 3.14. The lowest BCUT2D eigenvalue weighted by Crippen LogP contribution is -2.24. The summed E-state index contributed by atoms with van der Waals surface area (Å²) in [5, 5.41) is 3.69. The molecule has 0 spiro atoms. The zero-order valence-electron chi connectivity index (χ0n) is 11.4. The molecule has 2 aromatic rings. The van der Waals surface area contributed by atoms with Gasteiger partial charge in [0, 0.05) is 25.0 Å². The average molecular weight is 255 g/mol. The number of rotatable bonds is 6. The van der Waals surface area contributed by atoms with Crippen LogP contribution in [-0.4, -0.2) is 9.55 Å². The van der Waals surface area contributed by atoms with E-state index in [2.05, 4.69) is 52.1 Å². The van der Waals surface area contributed by atoms with Gasteiger partial charge in [0.25, 0.3) is 0 Å². The highest BCUT2D eigenvalue weighted by Gasteiger charge is 2.31. The molecule has 1 aromatic heterocycles. The molecular formula is C16H21N3. The van der Waals surface area contributed by atoms with Crippen molar-refractivity contribution in [2.24, 2.45) is 5.92 Å². The summed E-state index contributed by atoms with van der Waals surface area (Å²) in [6.07, 6.45) is 6.62. The summed E-state index contributed by atoms with van der Waals surface area (Å²) in [4.78, 5) is 4.43. The van der Waals surface area contributed by atoms with E-state index in [1.165, 1.54) is 18.4 Å². The number of benzene rings is 1. The van der Waals surface area contributed by atoms with E-state index in [4.69, 9.17) is 0 Å². The summed E-state index contributed by atoms with van der Waals surface area (Å²) in [5.74, 6) is 1.93. The van der Waals surface area contributed by atoms with Crippen molar-refractivity contribution < 1.29 is 0 Å². The van der Waals surface area contributed by atoms with Crippen LogP contribution < -0.4 is 5.32 Å². The largest absolute Gasteiger partial charge is 0.334 e. The minimum Gasteiger partial charge on any atom is -0.334 e. The Morgan fingerprint density at radius 2 is 2.11 bits per heavy atom. The van der Waals surface area contributed by atoms with E-state index in [0.29, 0.717) is 6.04 Å². The Labute approximate surface area is 114 Å². The van der Waals surface area contributed by atoms with Gasteiger partial charge < -0.3 is 9.88 Å². The van der Waals surface area contributed by atoms with Crippen LogP contribution in [0.5, 0.6) is 0 Å². The second-order valence-corrected chi connectivity index (χ2v) is 5.24. The third-order valence-corrected chi connectivity index (χ3v) is 3.87. The molecule has 1 atom stereocenters. The standard InChI is InChI=1S/C16H21N3/c1-2-19-11-10-17-15(19)12-18-16(14-8-9-14)13-6-4-3-5-7-13/h3-7,10-11,14,16,18H,2,8-9,12H2,1H3. The molecule has 19 heavy (non-hydrogen) atoms. The highest BCUT2D eigenvalue weighted by atomic mass is 15.1. The van der Waals surface area contributed by atoms with E-state index in [1.54, 1.807) is 0 Å². The van der Waals surface area contributed by atoms with Gasteiger partial charge in [-0.2, -0.15) is 0 Å². The smallest absolute Gasteiger partial charge is 0.122 e. The molecule has 1 aliphatic carbocycles. The van der Waals surface area contributed by atoms with Gasteiger partial charge in [0.05, 0.1) is 6.54 Å². The summed E-state index contributed by atoms with van der Waals surface area (Å²) in [5.41, 5.74) is 1.40. The number of imidazole rings is 1. The van der Waals surface area contributed by atoms with Gasteiger partial charge in [-0.25, -0.2) is 4.98 Å². The van der Waals surface area contributed by atoms with Crippen molar-refractivity contribution >= 4 is 0 Å². The van der Waals surface area contributed by atoms with Gasteiger partial charge in [-0.05, 0) is 31.2 Å². The zero-order chi connectivity index (χ0) is 13.1. The van der Waals surface area contributed by atoms with Gasteiger partial charge in [-0.3, -0.25) is 0 Å². The van der Waals surface area contributed by atoms with Crippen molar-refractivity contribution in [1.29, 1.82) is 0 Å². The van der Waals surface area contributed by atoms with Crippen LogP contribution in [0.4, 0.5) is 0 Å². The molecule has 0 radical (unpaired) electrons. The van der Waals surface area contributed by atoms with Gasteiger partial charge in [0.15, 0.2) is 0 Å². The van der Waals surface area contributed by atoms with E-state index < -0.39 is 0 Å². The highest BCUT2D eigenvalue weighted by Crippen LogP contribution is 2.41. The van der Waals surface area contributed by atoms with Gasteiger partial charge >= 0.3 is 0 Å². The number of nitrogens with one attached hydrogen (secondary N) is 1.